The third-order valence-electron chi connectivity index (χ3n) is 4.01. The molecule has 0 bridgehead atoms. The SMILES string of the molecule is CC(=O)Nc1c(C)nc(Nc2ccc(C)cc2)nc1Nc1ccc(C)cc1. The molecule has 0 atom stereocenters. The maximum atomic E-state index is 11.6. The smallest absolute Gasteiger partial charge is 0.229 e. The Bertz CT molecular complexity index is 950. The van der Waals surface area contributed by atoms with Crippen molar-refractivity contribution in [3.63, 3.8) is 0 Å². The van der Waals surface area contributed by atoms with E-state index >= 15 is 0 Å². The summed E-state index contributed by atoms with van der Waals surface area (Å²) in [4.78, 5) is 20.7. The van der Waals surface area contributed by atoms with E-state index in [1.165, 1.54) is 18.1 Å². The summed E-state index contributed by atoms with van der Waals surface area (Å²) in [6, 6.07) is 16.0. The van der Waals surface area contributed by atoms with Crippen LogP contribution in [0.15, 0.2) is 48.5 Å². The van der Waals surface area contributed by atoms with E-state index in [0.29, 0.717) is 23.1 Å². The van der Waals surface area contributed by atoms with Gasteiger partial charge < -0.3 is 16.0 Å². The van der Waals surface area contributed by atoms with Crippen LogP contribution in [0.1, 0.15) is 23.7 Å². The molecule has 3 N–H and O–H groups in total. The van der Waals surface area contributed by atoms with Gasteiger partial charge in [0.15, 0.2) is 5.82 Å². The van der Waals surface area contributed by atoms with Crippen LogP contribution >= 0.6 is 0 Å². The number of amides is 1. The third-order valence-corrected chi connectivity index (χ3v) is 4.01. The van der Waals surface area contributed by atoms with Gasteiger partial charge >= 0.3 is 0 Å². The van der Waals surface area contributed by atoms with Crippen molar-refractivity contribution in [3.8, 4) is 0 Å². The van der Waals surface area contributed by atoms with Crippen LogP contribution < -0.4 is 16.0 Å². The molecule has 0 aliphatic carbocycles. The van der Waals surface area contributed by atoms with E-state index in [9.17, 15) is 4.79 Å². The highest BCUT2D eigenvalue weighted by atomic mass is 16.1. The van der Waals surface area contributed by atoms with Gasteiger partial charge in [0.2, 0.25) is 11.9 Å². The zero-order chi connectivity index (χ0) is 19.4. The van der Waals surface area contributed by atoms with E-state index in [1.807, 2.05) is 69.3 Å². The minimum Gasteiger partial charge on any atom is -0.338 e. The molecule has 0 aliphatic rings. The number of aromatic nitrogens is 2. The van der Waals surface area contributed by atoms with E-state index in [0.717, 1.165) is 11.4 Å². The summed E-state index contributed by atoms with van der Waals surface area (Å²) in [6.07, 6.45) is 0. The molecule has 0 saturated heterocycles. The van der Waals surface area contributed by atoms with Crippen LogP contribution in [0.25, 0.3) is 0 Å². The number of anilines is 5. The number of carbonyl (C=O) groups excluding carboxylic acids is 1. The summed E-state index contributed by atoms with van der Waals surface area (Å²) >= 11 is 0. The Morgan fingerprint density at radius 1 is 0.778 bits per heavy atom. The Balaban J connectivity index is 1.96. The normalized spacial score (nSPS) is 10.4. The molecule has 1 aromatic heterocycles. The number of rotatable bonds is 5. The van der Waals surface area contributed by atoms with E-state index < -0.39 is 0 Å². The molecule has 2 aromatic carbocycles. The van der Waals surface area contributed by atoms with Crippen molar-refractivity contribution in [2.75, 3.05) is 16.0 Å². The van der Waals surface area contributed by atoms with Crippen LogP contribution in [0.2, 0.25) is 0 Å². The number of hydrogen-bond donors (Lipinski definition) is 3. The number of aryl methyl sites for hydroxylation is 3. The lowest BCUT2D eigenvalue weighted by Gasteiger charge is -2.16. The molecule has 0 radical (unpaired) electrons. The van der Waals surface area contributed by atoms with E-state index in [4.69, 9.17) is 0 Å². The molecule has 3 rings (SSSR count). The molecule has 1 amide bonds. The Kier molecular flexibility index (Phi) is 5.35. The van der Waals surface area contributed by atoms with Crippen molar-refractivity contribution in [3.05, 3.63) is 65.4 Å². The maximum absolute atomic E-state index is 11.6. The highest BCUT2D eigenvalue weighted by molar-refractivity contribution is 5.93. The van der Waals surface area contributed by atoms with Crippen LogP contribution in [0.3, 0.4) is 0 Å². The standard InChI is InChI=1S/C21H23N5O/c1-13-5-9-17(10-6-13)24-20-19(23-16(4)27)15(3)22-21(26-20)25-18-11-7-14(2)8-12-18/h5-12H,1-4H3,(H,23,27)(H2,22,24,25,26). The minimum atomic E-state index is -0.173. The molecule has 0 spiro atoms. The number of benzene rings is 2. The molecule has 0 fully saturated rings. The Morgan fingerprint density at radius 2 is 1.30 bits per heavy atom. The van der Waals surface area contributed by atoms with Gasteiger partial charge in [0.1, 0.15) is 5.69 Å². The van der Waals surface area contributed by atoms with Gasteiger partial charge in [-0.3, -0.25) is 4.79 Å². The second-order valence-corrected chi connectivity index (χ2v) is 6.52. The van der Waals surface area contributed by atoms with Crippen molar-refractivity contribution >= 4 is 34.7 Å². The number of hydrogen-bond acceptors (Lipinski definition) is 5. The fraction of sp³-hybridized carbons (Fsp3) is 0.190. The van der Waals surface area contributed by atoms with Crippen molar-refractivity contribution in [1.29, 1.82) is 0 Å². The van der Waals surface area contributed by atoms with Crippen molar-refractivity contribution in [2.45, 2.75) is 27.7 Å². The molecule has 0 saturated carbocycles. The average molecular weight is 361 g/mol. The van der Waals surface area contributed by atoms with Gasteiger partial charge in [-0.25, -0.2) is 4.98 Å². The lowest BCUT2D eigenvalue weighted by molar-refractivity contribution is -0.114. The summed E-state index contributed by atoms with van der Waals surface area (Å²) in [6.45, 7) is 7.38. The molecular weight excluding hydrogens is 338 g/mol. The average Bonchev–Trinajstić information content (AvgIpc) is 2.62. The Morgan fingerprint density at radius 3 is 1.81 bits per heavy atom. The first-order chi connectivity index (χ1) is 12.9. The predicted molar refractivity (Wildman–Crippen MR) is 110 cm³/mol. The lowest BCUT2D eigenvalue weighted by Crippen LogP contribution is -2.13. The zero-order valence-electron chi connectivity index (χ0n) is 15.9. The van der Waals surface area contributed by atoms with Gasteiger partial charge in [0, 0.05) is 18.3 Å². The predicted octanol–water partition coefficient (Wildman–Crippen LogP) is 4.85. The fourth-order valence-electron chi connectivity index (χ4n) is 2.58. The first-order valence-electron chi connectivity index (χ1n) is 8.74. The summed E-state index contributed by atoms with van der Waals surface area (Å²) in [5.41, 5.74) is 5.37. The van der Waals surface area contributed by atoms with Gasteiger partial charge in [0.25, 0.3) is 0 Å². The van der Waals surface area contributed by atoms with E-state index in [1.54, 1.807) is 0 Å². The van der Waals surface area contributed by atoms with Gasteiger partial charge in [-0.05, 0) is 45.0 Å². The molecular formula is C21H23N5O. The zero-order valence-corrected chi connectivity index (χ0v) is 15.9. The number of nitrogens with zero attached hydrogens (tertiary/aromatic N) is 2. The summed E-state index contributed by atoms with van der Waals surface area (Å²) < 4.78 is 0. The molecule has 0 aliphatic heterocycles. The van der Waals surface area contributed by atoms with Gasteiger partial charge in [-0.15, -0.1) is 0 Å². The first kappa shape index (κ1) is 18.4. The monoisotopic (exact) mass is 361 g/mol. The Labute approximate surface area is 159 Å². The summed E-state index contributed by atoms with van der Waals surface area (Å²) in [5.74, 6) is 0.823. The highest BCUT2D eigenvalue weighted by Gasteiger charge is 2.14. The Hall–Kier alpha value is -3.41. The molecule has 3 aromatic rings. The van der Waals surface area contributed by atoms with Crippen LogP contribution in [-0.2, 0) is 4.79 Å². The quantitative estimate of drug-likeness (QED) is 0.605. The largest absolute Gasteiger partial charge is 0.338 e. The molecule has 0 unspecified atom stereocenters. The molecule has 6 nitrogen and oxygen atoms in total. The summed E-state index contributed by atoms with van der Waals surface area (Å²) in [7, 11) is 0. The second kappa shape index (κ2) is 7.86. The van der Waals surface area contributed by atoms with Crippen molar-refractivity contribution in [1.82, 2.24) is 9.97 Å². The fourth-order valence-corrected chi connectivity index (χ4v) is 2.58. The number of nitrogens with one attached hydrogen (secondary N) is 3. The maximum Gasteiger partial charge on any atom is 0.229 e. The summed E-state index contributed by atoms with van der Waals surface area (Å²) in [5, 5.41) is 9.31. The molecule has 138 valence electrons. The van der Waals surface area contributed by atoms with E-state index in [-0.39, 0.29) is 5.91 Å². The van der Waals surface area contributed by atoms with Crippen LogP contribution in [0.4, 0.5) is 28.8 Å². The third kappa shape index (κ3) is 4.82. The lowest BCUT2D eigenvalue weighted by atomic mass is 10.2. The van der Waals surface area contributed by atoms with Crippen LogP contribution in [-0.4, -0.2) is 15.9 Å². The molecule has 6 heteroatoms. The number of carbonyl (C=O) groups is 1. The minimum absolute atomic E-state index is 0.173. The van der Waals surface area contributed by atoms with Crippen LogP contribution in [0, 0.1) is 20.8 Å². The molecule has 27 heavy (non-hydrogen) atoms. The highest BCUT2D eigenvalue weighted by Crippen LogP contribution is 2.28. The van der Waals surface area contributed by atoms with E-state index in [2.05, 4.69) is 25.9 Å². The van der Waals surface area contributed by atoms with Gasteiger partial charge in [0.05, 0.1) is 5.69 Å². The van der Waals surface area contributed by atoms with Crippen molar-refractivity contribution < 1.29 is 4.79 Å². The first-order valence-corrected chi connectivity index (χ1v) is 8.74. The van der Waals surface area contributed by atoms with Crippen LogP contribution in [0.5, 0.6) is 0 Å². The van der Waals surface area contributed by atoms with Gasteiger partial charge in [-0.2, -0.15) is 4.98 Å². The second-order valence-electron chi connectivity index (χ2n) is 6.52. The topological polar surface area (TPSA) is 78.9 Å². The van der Waals surface area contributed by atoms with Gasteiger partial charge in [-0.1, -0.05) is 35.4 Å². The van der Waals surface area contributed by atoms with Crippen molar-refractivity contribution in [2.24, 2.45) is 0 Å². The molecule has 1 heterocycles.